The van der Waals surface area contributed by atoms with E-state index in [4.69, 9.17) is 18.9 Å². The molecule has 5 rings (SSSR count). The van der Waals surface area contributed by atoms with Crippen molar-refractivity contribution in [3.05, 3.63) is 114 Å². The first-order valence-electron chi connectivity index (χ1n) is 26.1. The Bertz CT molecular complexity index is 2540. The maximum absolute atomic E-state index is 14.1. The van der Waals surface area contributed by atoms with Crippen LogP contribution in [0.4, 0.5) is 5.69 Å². The van der Waals surface area contributed by atoms with Crippen LogP contribution in [0.1, 0.15) is 109 Å². The first-order valence-corrected chi connectivity index (χ1v) is 27.2. The van der Waals surface area contributed by atoms with Gasteiger partial charge < -0.3 is 49.5 Å². The zero-order chi connectivity index (χ0) is 55.4. The molecule has 1 aliphatic rings. The van der Waals surface area contributed by atoms with Crippen molar-refractivity contribution in [3.8, 4) is 17.2 Å². The second kappa shape index (κ2) is 29.7. The number of methoxy groups -OCH3 is 3. The van der Waals surface area contributed by atoms with Gasteiger partial charge in [-0.25, -0.2) is 4.79 Å². The molecule has 412 valence electrons. The lowest BCUT2D eigenvalue weighted by Gasteiger charge is -2.36. The summed E-state index contributed by atoms with van der Waals surface area (Å²) in [6, 6.07) is 27.0. The van der Waals surface area contributed by atoms with Crippen LogP contribution in [-0.2, 0) is 57.7 Å². The number of hydrogen-bond donors (Lipinski definition) is 4. The first-order chi connectivity index (χ1) is 36.3. The predicted octanol–water partition coefficient (Wildman–Crippen LogP) is 7.31. The number of esters is 1. The molecule has 4 aromatic rings. The number of rotatable bonds is 29. The standard InChI is InChI=1S/C58H77N5O12S/c1-9-58(4,5)55(68)56(69)63-33-14-13-20-47(63)57(70)75-49(27-21-41-22-28-50(73-7)51(35-41)74-8)42-18-15-19-43(36-42)60-53(66)30-29-52(65)59-32-31-54(67)61-46(34-40-16-11-10-12-17-40)48(64)38-62(37-39(2)3)76(71)45-25-23-44(72-6)24-26-45/h10-12,15-19,22-26,28,35-36,39,46-49,64H,9,13-14,20-21,27,29-34,37-38H2,1-8H3,(H,59,65)(H,60,66)(H,61,67). The average molecular weight is 1070 g/mol. The third-order valence-corrected chi connectivity index (χ3v) is 14.9. The Morgan fingerprint density at radius 1 is 0.803 bits per heavy atom. The van der Waals surface area contributed by atoms with Crippen LogP contribution < -0.4 is 30.2 Å². The number of anilines is 1. The van der Waals surface area contributed by atoms with E-state index in [1.54, 1.807) is 94.1 Å². The summed E-state index contributed by atoms with van der Waals surface area (Å²) >= 11 is -1.61. The number of carbonyl (C=O) groups is 6. The van der Waals surface area contributed by atoms with Crippen molar-refractivity contribution in [1.29, 1.82) is 0 Å². The highest BCUT2D eigenvalue weighted by Crippen LogP contribution is 2.33. The van der Waals surface area contributed by atoms with Crippen LogP contribution >= 0.6 is 0 Å². The normalized spacial score (nSPS) is 15.2. The highest BCUT2D eigenvalue weighted by Gasteiger charge is 2.41. The molecule has 4 N–H and O–H groups in total. The number of ether oxygens (including phenoxy) is 4. The highest BCUT2D eigenvalue weighted by molar-refractivity contribution is 7.89. The third-order valence-electron chi connectivity index (χ3n) is 13.5. The van der Waals surface area contributed by atoms with E-state index in [2.05, 4.69) is 16.0 Å². The van der Waals surface area contributed by atoms with E-state index in [0.29, 0.717) is 84.9 Å². The minimum Gasteiger partial charge on any atom is -0.593 e. The molecule has 0 aromatic heterocycles. The summed E-state index contributed by atoms with van der Waals surface area (Å²) in [7, 11) is 4.65. The van der Waals surface area contributed by atoms with E-state index in [-0.39, 0.29) is 44.8 Å². The van der Waals surface area contributed by atoms with Gasteiger partial charge in [0.15, 0.2) is 16.4 Å². The summed E-state index contributed by atoms with van der Waals surface area (Å²) in [6.07, 6.45) is 0.836. The molecule has 5 atom stereocenters. The van der Waals surface area contributed by atoms with Crippen molar-refractivity contribution in [2.45, 2.75) is 128 Å². The van der Waals surface area contributed by atoms with E-state index in [1.807, 2.05) is 63.2 Å². The Balaban J connectivity index is 1.19. The monoisotopic (exact) mass is 1070 g/mol. The van der Waals surface area contributed by atoms with Gasteiger partial charge in [0.1, 0.15) is 17.9 Å². The molecule has 1 heterocycles. The van der Waals surface area contributed by atoms with Crippen LogP contribution in [0.3, 0.4) is 0 Å². The van der Waals surface area contributed by atoms with Gasteiger partial charge in [-0.3, -0.25) is 24.0 Å². The zero-order valence-corrected chi connectivity index (χ0v) is 46.1. The van der Waals surface area contributed by atoms with Gasteiger partial charge in [0, 0.05) is 50.0 Å². The van der Waals surface area contributed by atoms with E-state index in [9.17, 15) is 38.4 Å². The lowest BCUT2D eigenvalue weighted by atomic mass is 9.84. The van der Waals surface area contributed by atoms with Crippen LogP contribution in [0.15, 0.2) is 102 Å². The number of ketones is 1. The van der Waals surface area contributed by atoms with E-state index < -0.39 is 76.4 Å². The molecule has 76 heavy (non-hydrogen) atoms. The smallest absolute Gasteiger partial charge is 0.329 e. The van der Waals surface area contributed by atoms with Crippen molar-refractivity contribution < 1.29 is 57.4 Å². The Labute approximate surface area is 451 Å². The minimum atomic E-state index is -1.61. The molecule has 17 nitrogen and oxygen atoms in total. The Morgan fingerprint density at radius 2 is 1.51 bits per heavy atom. The van der Waals surface area contributed by atoms with Crippen molar-refractivity contribution in [2.24, 2.45) is 11.3 Å². The second-order valence-corrected chi connectivity index (χ2v) is 21.6. The molecule has 18 heteroatoms. The molecule has 5 unspecified atom stereocenters. The Morgan fingerprint density at radius 3 is 2.18 bits per heavy atom. The number of aliphatic hydroxyl groups excluding tert-OH is 1. The number of nitrogens with one attached hydrogen (secondary N) is 3. The fourth-order valence-electron chi connectivity index (χ4n) is 8.74. The average Bonchev–Trinajstić information content (AvgIpc) is 3.42. The number of aliphatic hydroxyl groups is 1. The van der Waals surface area contributed by atoms with E-state index in [1.165, 1.54) is 4.90 Å². The molecule has 1 saturated heterocycles. The number of benzene rings is 4. The minimum absolute atomic E-state index is 0.0108. The number of hydrogen-bond acceptors (Lipinski definition) is 13. The van der Waals surface area contributed by atoms with Crippen LogP contribution in [0.5, 0.6) is 17.2 Å². The fourth-order valence-corrected chi connectivity index (χ4v) is 10.1. The quantitative estimate of drug-likeness (QED) is 0.0238. The third kappa shape index (κ3) is 18.1. The summed E-state index contributed by atoms with van der Waals surface area (Å²) < 4.78 is 37.9. The Kier molecular flexibility index (Phi) is 23.6. The van der Waals surface area contributed by atoms with Gasteiger partial charge in [0.05, 0.1) is 51.4 Å². The van der Waals surface area contributed by atoms with Gasteiger partial charge in [-0.15, -0.1) is 4.31 Å². The van der Waals surface area contributed by atoms with Crippen LogP contribution in [0, 0.1) is 11.3 Å². The highest BCUT2D eigenvalue weighted by atomic mass is 32.2. The lowest BCUT2D eigenvalue weighted by molar-refractivity contribution is -0.164. The summed E-state index contributed by atoms with van der Waals surface area (Å²) in [5, 5.41) is 20.1. The van der Waals surface area contributed by atoms with Crippen molar-refractivity contribution in [1.82, 2.24) is 19.8 Å². The molecule has 0 aliphatic carbocycles. The lowest BCUT2D eigenvalue weighted by Crippen LogP contribution is -2.53. The summed E-state index contributed by atoms with van der Waals surface area (Å²) in [5.41, 5.74) is 1.86. The summed E-state index contributed by atoms with van der Waals surface area (Å²) in [5.74, 6) is -1.32. The van der Waals surface area contributed by atoms with Gasteiger partial charge in [-0.1, -0.05) is 83.1 Å². The predicted molar refractivity (Wildman–Crippen MR) is 291 cm³/mol. The number of amides is 4. The molecule has 1 aliphatic heterocycles. The maximum Gasteiger partial charge on any atom is 0.329 e. The number of piperidine rings is 1. The SMILES string of the molecule is CCC(C)(C)C(=O)C(=O)N1CCCCC1C(=O)OC(CCc1ccc(OC)c(OC)c1)c1cccc(NC(=O)CCC(=O)NCCC(=O)NC(Cc2ccccc2)C(O)CN(CC(C)C)[S+]([O-])c2ccc(OC)cc2)c1. The number of Topliss-reactive ketones (excluding diaryl/α,β-unsaturated/α-hetero) is 1. The topological polar surface area (TPSA) is 225 Å². The second-order valence-electron chi connectivity index (χ2n) is 20.1. The maximum atomic E-state index is 14.1. The van der Waals surface area contributed by atoms with Crippen molar-refractivity contribution in [2.75, 3.05) is 52.8 Å². The van der Waals surface area contributed by atoms with Gasteiger partial charge in [-0.05, 0) is 116 Å². The van der Waals surface area contributed by atoms with Crippen molar-refractivity contribution in [3.63, 3.8) is 0 Å². The molecular formula is C58H77N5O12S. The molecule has 0 saturated carbocycles. The van der Waals surface area contributed by atoms with Gasteiger partial charge in [-0.2, -0.15) is 0 Å². The summed E-state index contributed by atoms with van der Waals surface area (Å²) in [4.78, 5) is 82.5. The number of carbonyl (C=O) groups excluding carboxylic acids is 6. The molecule has 4 aromatic carbocycles. The zero-order valence-electron chi connectivity index (χ0n) is 45.3. The van der Waals surface area contributed by atoms with Gasteiger partial charge in [0.25, 0.3) is 5.91 Å². The molecule has 0 radical (unpaired) electrons. The molecule has 1 fully saturated rings. The molecule has 0 spiro atoms. The number of nitrogens with zero attached hydrogens (tertiary/aromatic N) is 2. The van der Waals surface area contributed by atoms with Gasteiger partial charge >= 0.3 is 5.97 Å². The first kappa shape index (κ1) is 60.4. The Hall–Kier alpha value is -6.47. The number of aryl methyl sites for hydroxylation is 1. The molecular weight excluding hydrogens is 991 g/mol. The summed E-state index contributed by atoms with van der Waals surface area (Å²) in [6.45, 7) is 9.95. The molecule has 0 bridgehead atoms. The fraction of sp³-hybridized carbons (Fsp3) is 0.483. The van der Waals surface area contributed by atoms with E-state index >= 15 is 0 Å². The van der Waals surface area contributed by atoms with E-state index in [0.717, 1.165) is 11.1 Å². The van der Waals surface area contributed by atoms with Crippen molar-refractivity contribution >= 4 is 52.4 Å². The molecule has 4 amide bonds. The number of likely N-dealkylation sites (tertiary alicyclic amines) is 1. The van der Waals surface area contributed by atoms with Crippen LogP contribution in [0.2, 0.25) is 0 Å². The van der Waals surface area contributed by atoms with Gasteiger partial charge in [0.2, 0.25) is 23.5 Å². The van der Waals surface area contributed by atoms with Crippen LogP contribution in [-0.4, -0.2) is 120 Å². The largest absolute Gasteiger partial charge is 0.593 e. The van der Waals surface area contributed by atoms with Crippen LogP contribution in [0.25, 0.3) is 0 Å².